The zero-order chi connectivity index (χ0) is 32.5. The Morgan fingerprint density at radius 3 is 2.05 bits per heavy atom. The summed E-state index contributed by atoms with van der Waals surface area (Å²) >= 11 is 0. The molecule has 0 fully saturated rings. The van der Waals surface area contributed by atoms with Gasteiger partial charge in [-0.15, -0.1) is 0 Å². The molecule has 232 valence electrons. The van der Waals surface area contributed by atoms with Crippen molar-refractivity contribution >= 4 is 23.9 Å². The number of hydrogen-bond donors (Lipinski definition) is 2. The van der Waals surface area contributed by atoms with Crippen LogP contribution in [0.5, 0.6) is 0 Å². The van der Waals surface area contributed by atoms with Crippen molar-refractivity contribution in [3.63, 3.8) is 0 Å². The average molecular weight is 593 g/mol. The Balaban J connectivity index is 2.55. The molecule has 3 amide bonds. The number of carbonyl (C=O) groups excluding carboxylic acids is 4. The van der Waals surface area contributed by atoms with Crippen LogP contribution in [0.4, 0.5) is 4.79 Å². The summed E-state index contributed by atoms with van der Waals surface area (Å²) in [4.78, 5) is 54.8. The highest BCUT2D eigenvalue weighted by Crippen LogP contribution is 2.28. The van der Waals surface area contributed by atoms with E-state index in [2.05, 4.69) is 10.6 Å². The third-order valence-electron chi connectivity index (χ3n) is 6.42. The van der Waals surface area contributed by atoms with E-state index in [-0.39, 0.29) is 6.42 Å². The average Bonchev–Trinajstić information content (AvgIpc) is 2.88. The minimum absolute atomic E-state index is 0.143. The summed E-state index contributed by atoms with van der Waals surface area (Å²) in [7, 11) is 0. The summed E-state index contributed by atoms with van der Waals surface area (Å²) < 4.78 is 10.9. The number of benzene rings is 2. The van der Waals surface area contributed by atoms with E-state index in [1.54, 1.807) is 53.7 Å². The normalized spacial score (nSPS) is 13.5. The molecule has 2 N–H and O–H groups in total. The van der Waals surface area contributed by atoms with Crippen LogP contribution in [0.15, 0.2) is 48.5 Å². The van der Waals surface area contributed by atoms with Gasteiger partial charge in [0.15, 0.2) is 0 Å². The number of alkyl carbamates (subject to hydrolysis) is 1. The van der Waals surface area contributed by atoms with Crippen molar-refractivity contribution in [2.75, 3.05) is 6.54 Å². The van der Waals surface area contributed by atoms with Gasteiger partial charge in [-0.25, -0.2) is 9.59 Å². The van der Waals surface area contributed by atoms with Crippen LogP contribution in [0.2, 0.25) is 0 Å². The summed E-state index contributed by atoms with van der Waals surface area (Å²) in [5.41, 5.74) is 1.27. The maximum Gasteiger partial charge on any atom is 0.408 e. The summed E-state index contributed by atoms with van der Waals surface area (Å²) in [6, 6.07) is 13.0. The van der Waals surface area contributed by atoms with Crippen molar-refractivity contribution in [1.82, 2.24) is 15.5 Å². The number of rotatable bonds is 10. The van der Waals surface area contributed by atoms with Crippen molar-refractivity contribution in [2.24, 2.45) is 0 Å². The third-order valence-corrected chi connectivity index (χ3v) is 6.42. The quantitative estimate of drug-likeness (QED) is 0.302. The van der Waals surface area contributed by atoms with E-state index in [1.165, 1.54) is 6.92 Å². The molecule has 2 aromatic carbocycles. The van der Waals surface area contributed by atoms with Gasteiger partial charge < -0.3 is 25.0 Å². The van der Waals surface area contributed by atoms with Crippen LogP contribution in [0.3, 0.4) is 0 Å². The van der Waals surface area contributed by atoms with E-state index in [9.17, 15) is 24.4 Å². The zero-order valence-corrected chi connectivity index (χ0v) is 26.6. The molecule has 0 aromatic heterocycles. The SMILES string of the molecule is Cc1cccc(C(C(=O)NC(Cc2ccccc2)C(=O)OC(C)(C)C)N(CC#N)C(=O)C(C)NC(=O)OC(C)(C)C)c1C. The Kier molecular flexibility index (Phi) is 11.9. The minimum atomic E-state index is -1.30. The fourth-order valence-electron chi connectivity index (χ4n) is 4.35. The zero-order valence-electron chi connectivity index (χ0n) is 26.6. The predicted octanol–water partition coefficient (Wildman–Crippen LogP) is 4.68. The number of ether oxygens (including phenoxy) is 2. The highest BCUT2D eigenvalue weighted by atomic mass is 16.6. The van der Waals surface area contributed by atoms with Crippen molar-refractivity contribution in [2.45, 2.75) is 98.1 Å². The Bertz CT molecular complexity index is 1340. The van der Waals surface area contributed by atoms with Gasteiger partial charge in [-0.2, -0.15) is 5.26 Å². The molecule has 3 atom stereocenters. The van der Waals surface area contributed by atoms with E-state index in [4.69, 9.17) is 9.47 Å². The van der Waals surface area contributed by atoms with Gasteiger partial charge in [0.05, 0.1) is 6.07 Å². The monoisotopic (exact) mass is 592 g/mol. The Labute approximate surface area is 254 Å². The van der Waals surface area contributed by atoms with Gasteiger partial charge in [0.2, 0.25) is 11.8 Å². The smallest absolute Gasteiger partial charge is 0.408 e. The van der Waals surface area contributed by atoms with Crippen molar-refractivity contribution < 1.29 is 28.7 Å². The Morgan fingerprint density at radius 1 is 0.884 bits per heavy atom. The molecule has 2 aromatic rings. The lowest BCUT2D eigenvalue weighted by Gasteiger charge is -2.34. The van der Waals surface area contributed by atoms with Gasteiger partial charge >= 0.3 is 12.1 Å². The fourth-order valence-corrected chi connectivity index (χ4v) is 4.35. The first-order valence-electron chi connectivity index (χ1n) is 14.2. The first kappa shape index (κ1) is 34.8. The lowest BCUT2D eigenvalue weighted by atomic mass is 9.94. The third kappa shape index (κ3) is 10.7. The molecule has 0 spiro atoms. The van der Waals surface area contributed by atoms with Crippen LogP contribution in [-0.2, 0) is 30.3 Å². The number of nitrogens with zero attached hydrogens (tertiary/aromatic N) is 2. The van der Waals surface area contributed by atoms with Gasteiger partial charge in [0.25, 0.3) is 0 Å². The van der Waals surface area contributed by atoms with Gasteiger partial charge in [-0.3, -0.25) is 9.59 Å². The van der Waals surface area contributed by atoms with E-state index in [1.807, 2.05) is 56.3 Å². The molecule has 0 aliphatic carbocycles. The second-order valence-corrected chi connectivity index (χ2v) is 12.5. The molecule has 43 heavy (non-hydrogen) atoms. The molecule has 0 aliphatic heterocycles. The molecule has 0 saturated carbocycles. The number of nitrogens with one attached hydrogen (secondary N) is 2. The number of carbonyl (C=O) groups is 4. The Hall–Kier alpha value is -4.39. The number of nitriles is 1. The summed E-state index contributed by atoms with van der Waals surface area (Å²) in [6.07, 6.45) is -0.671. The molecule has 0 radical (unpaired) electrons. The highest BCUT2D eigenvalue weighted by Gasteiger charge is 2.38. The van der Waals surface area contributed by atoms with Crippen molar-refractivity contribution in [3.8, 4) is 6.07 Å². The van der Waals surface area contributed by atoms with Crippen molar-refractivity contribution in [3.05, 3.63) is 70.8 Å². The maximum absolute atomic E-state index is 14.2. The lowest BCUT2D eigenvalue weighted by molar-refractivity contribution is -0.159. The number of aryl methyl sites for hydroxylation is 1. The number of hydrogen-bond acceptors (Lipinski definition) is 7. The van der Waals surface area contributed by atoms with E-state index in [0.29, 0.717) is 5.56 Å². The molecular weight excluding hydrogens is 548 g/mol. The largest absolute Gasteiger partial charge is 0.458 e. The van der Waals surface area contributed by atoms with Crippen LogP contribution in [0, 0.1) is 25.2 Å². The van der Waals surface area contributed by atoms with Crippen LogP contribution in [-0.4, -0.2) is 58.6 Å². The molecule has 0 saturated heterocycles. The molecule has 10 heteroatoms. The van der Waals surface area contributed by atoms with Crippen LogP contribution >= 0.6 is 0 Å². The highest BCUT2D eigenvalue weighted by molar-refractivity contribution is 5.94. The van der Waals surface area contributed by atoms with E-state index in [0.717, 1.165) is 21.6 Å². The molecule has 0 bridgehead atoms. The van der Waals surface area contributed by atoms with Gasteiger partial charge in [-0.05, 0) is 84.6 Å². The molecular formula is C33H44N4O6. The van der Waals surface area contributed by atoms with Gasteiger partial charge in [0, 0.05) is 6.42 Å². The molecule has 0 aliphatic rings. The first-order chi connectivity index (χ1) is 19.9. The van der Waals surface area contributed by atoms with Crippen LogP contribution in [0.25, 0.3) is 0 Å². The Morgan fingerprint density at radius 2 is 1.49 bits per heavy atom. The molecule has 2 rings (SSSR count). The molecule has 10 nitrogen and oxygen atoms in total. The van der Waals surface area contributed by atoms with Crippen LogP contribution in [0.1, 0.15) is 76.8 Å². The molecule has 3 unspecified atom stereocenters. The second kappa shape index (κ2) is 14.7. The van der Waals surface area contributed by atoms with Gasteiger partial charge in [0.1, 0.15) is 35.9 Å². The van der Waals surface area contributed by atoms with Gasteiger partial charge in [-0.1, -0.05) is 48.5 Å². The number of amides is 3. The minimum Gasteiger partial charge on any atom is -0.458 e. The van der Waals surface area contributed by atoms with Crippen molar-refractivity contribution in [1.29, 1.82) is 5.26 Å². The van der Waals surface area contributed by atoms with E-state index < -0.39 is 59.7 Å². The summed E-state index contributed by atoms with van der Waals surface area (Å²) in [5, 5.41) is 15.0. The second-order valence-electron chi connectivity index (χ2n) is 12.5. The topological polar surface area (TPSA) is 138 Å². The standard InChI is InChI=1S/C33H44N4O6/c1-21-14-13-17-25(22(21)2)27(37(19-18-34)29(39)23(3)35-31(41)43-33(7,8)9)28(38)36-26(30(40)42-32(4,5)6)20-24-15-11-10-12-16-24/h10-17,23,26-27H,19-20H2,1-9H3,(H,35,41)(H,36,38). The predicted molar refractivity (Wildman–Crippen MR) is 163 cm³/mol. The summed E-state index contributed by atoms with van der Waals surface area (Å²) in [5.74, 6) is -1.98. The first-order valence-corrected chi connectivity index (χ1v) is 14.2. The van der Waals surface area contributed by atoms with Crippen LogP contribution < -0.4 is 10.6 Å². The lowest BCUT2D eigenvalue weighted by Crippen LogP contribution is -2.54. The summed E-state index contributed by atoms with van der Waals surface area (Å²) in [6.45, 7) is 15.0. The molecule has 0 heterocycles. The fraction of sp³-hybridized carbons (Fsp3) is 0.485. The maximum atomic E-state index is 14.2. The number of esters is 1. The van der Waals surface area contributed by atoms with E-state index >= 15 is 0 Å².